The van der Waals surface area contributed by atoms with Gasteiger partial charge in [-0.2, -0.15) is 5.10 Å². The van der Waals surface area contributed by atoms with Gasteiger partial charge < -0.3 is 0 Å². The second kappa shape index (κ2) is 6.12. The fraction of sp³-hybridized carbons (Fsp3) is 0.167. The molecule has 1 atom stereocenters. The summed E-state index contributed by atoms with van der Waals surface area (Å²) in [6.45, 7) is 0. The van der Waals surface area contributed by atoms with Crippen LogP contribution in [0.4, 0.5) is 4.39 Å². The summed E-state index contributed by atoms with van der Waals surface area (Å²) in [5.74, 6) is -0.251. The molecule has 3 aromatic rings. The Morgan fingerprint density at radius 3 is 2.36 bits per heavy atom. The number of hydrogen-bond donors (Lipinski definition) is 1. The van der Waals surface area contributed by atoms with Gasteiger partial charge in [-0.25, -0.2) is 4.39 Å². The van der Waals surface area contributed by atoms with Crippen LogP contribution < -0.4 is 0 Å². The lowest BCUT2D eigenvalue weighted by Crippen LogP contribution is -2.21. The van der Waals surface area contributed by atoms with Gasteiger partial charge in [-0.05, 0) is 31.8 Å². The summed E-state index contributed by atoms with van der Waals surface area (Å²) in [5.41, 5.74) is 3.37. The van der Waals surface area contributed by atoms with E-state index in [1.54, 1.807) is 18.3 Å². The molecule has 0 amide bonds. The first-order valence-corrected chi connectivity index (χ1v) is 7.18. The molecule has 1 heterocycles. The van der Waals surface area contributed by atoms with Crippen molar-refractivity contribution in [2.24, 2.45) is 0 Å². The summed E-state index contributed by atoms with van der Waals surface area (Å²) in [7, 11) is 4.02. The first kappa shape index (κ1) is 14.5. The van der Waals surface area contributed by atoms with Crippen molar-refractivity contribution < 1.29 is 4.39 Å². The summed E-state index contributed by atoms with van der Waals surface area (Å²) < 4.78 is 14.1. The van der Waals surface area contributed by atoms with Crippen LogP contribution in [-0.4, -0.2) is 29.2 Å². The third-order valence-corrected chi connectivity index (χ3v) is 3.74. The molecule has 112 valence electrons. The third-order valence-electron chi connectivity index (χ3n) is 3.74. The van der Waals surface area contributed by atoms with Crippen molar-refractivity contribution >= 4 is 0 Å². The van der Waals surface area contributed by atoms with Crippen molar-refractivity contribution in [2.75, 3.05) is 14.1 Å². The van der Waals surface area contributed by atoms with Crippen molar-refractivity contribution in [2.45, 2.75) is 6.04 Å². The Labute approximate surface area is 129 Å². The molecule has 2 aromatic carbocycles. The second-order valence-electron chi connectivity index (χ2n) is 5.46. The lowest BCUT2D eigenvalue weighted by molar-refractivity contribution is 0.343. The summed E-state index contributed by atoms with van der Waals surface area (Å²) in [6, 6.07) is 16.9. The molecule has 3 rings (SSSR count). The second-order valence-corrected chi connectivity index (χ2v) is 5.46. The first-order chi connectivity index (χ1) is 10.7. The molecule has 0 aliphatic rings. The summed E-state index contributed by atoms with van der Waals surface area (Å²) in [5, 5.41) is 7.10. The predicted octanol–water partition coefficient (Wildman–Crippen LogP) is 3.87. The summed E-state index contributed by atoms with van der Waals surface area (Å²) in [6.07, 6.45) is 1.78. The molecule has 0 aliphatic heterocycles. The maximum Gasteiger partial charge on any atom is 0.132 e. The van der Waals surface area contributed by atoms with E-state index in [0.717, 1.165) is 16.8 Å². The van der Waals surface area contributed by atoms with E-state index in [0.29, 0.717) is 5.56 Å². The minimum absolute atomic E-state index is 0.00885. The van der Waals surface area contributed by atoms with Crippen LogP contribution in [0.15, 0.2) is 60.8 Å². The normalized spacial score (nSPS) is 12.5. The molecule has 3 nitrogen and oxygen atoms in total. The van der Waals surface area contributed by atoms with Crippen LogP contribution in [0, 0.1) is 5.82 Å². The fourth-order valence-electron chi connectivity index (χ4n) is 2.77. The van der Waals surface area contributed by atoms with Gasteiger partial charge in [0.2, 0.25) is 0 Å². The van der Waals surface area contributed by atoms with Crippen LogP contribution in [0.1, 0.15) is 17.2 Å². The van der Waals surface area contributed by atoms with Gasteiger partial charge in [-0.1, -0.05) is 42.5 Å². The fourth-order valence-corrected chi connectivity index (χ4v) is 2.77. The SMILES string of the molecule is CN(C)C(c1ccccc1)c1cn[nH]c1-c1ccccc1F. The third kappa shape index (κ3) is 2.65. The lowest BCUT2D eigenvalue weighted by Gasteiger charge is -2.25. The average molecular weight is 295 g/mol. The van der Waals surface area contributed by atoms with Crippen molar-refractivity contribution in [3.05, 3.63) is 77.7 Å². The first-order valence-electron chi connectivity index (χ1n) is 7.18. The van der Waals surface area contributed by atoms with Gasteiger partial charge in [0.15, 0.2) is 0 Å². The zero-order valence-corrected chi connectivity index (χ0v) is 12.6. The summed E-state index contributed by atoms with van der Waals surface area (Å²) >= 11 is 0. The standard InChI is InChI=1S/C18H18FN3/c1-22(2)18(13-8-4-3-5-9-13)15-12-20-21-17(15)14-10-6-7-11-16(14)19/h3-12,18H,1-2H3,(H,20,21). The quantitative estimate of drug-likeness (QED) is 0.792. The highest BCUT2D eigenvalue weighted by molar-refractivity contribution is 5.64. The van der Waals surface area contributed by atoms with Crippen LogP contribution in [0.25, 0.3) is 11.3 Å². The Kier molecular flexibility index (Phi) is 4.02. The van der Waals surface area contributed by atoms with Crippen molar-refractivity contribution in [3.8, 4) is 11.3 Å². The lowest BCUT2D eigenvalue weighted by atomic mass is 9.95. The van der Waals surface area contributed by atoms with Crippen molar-refractivity contribution in [3.63, 3.8) is 0 Å². The molecule has 0 bridgehead atoms. The van der Waals surface area contributed by atoms with E-state index in [4.69, 9.17) is 0 Å². The highest BCUT2D eigenvalue weighted by Crippen LogP contribution is 2.34. The van der Waals surface area contributed by atoms with Gasteiger partial charge in [0.1, 0.15) is 5.82 Å². The van der Waals surface area contributed by atoms with E-state index in [1.807, 2.05) is 38.4 Å². The molecule has 0 fully saturated rings. The Balaban J connectivity index is 2.12. The Hall–Kier alpha value is -2.46. The molecule has 0 aliphatic carbocycles. The van der Waals surface area contributed by atoms with Gasteiger partial charge >= 0.3 is 0 Å². The van der Waals surface area contributed by atoms with Crippen molar-refractivity contribution in [1.29, 1.82) is 0 Å². The molecule has 0 saturated heterocycles. The van der Waals surface area contributed by atoms with E-state index in [9.17, 15) is 4.39 Å². The summed E-state index contributed by atoms with van der Waals surface area (Å²) in [4.78, 5) is 2.10. The van der Waals surface area contributed by atoms with E-state index < -0.39 is 0 Å². The van der Waals surface area contributed by atoms with E-state index in [2.05, 4.69) is 27.2 Å². The minimum atomic E-state index is -0.251. The molecule has 0 radical (unpaired) electrons. The van der Waals surface area contributed by atoms with E-state index >= 15 is 0 Å². The minimum Gasteiger partial charge on any atom is -0.298 e. The molecule has 0 saturated carbocycles. The highest BCUT2D eigenvalue weighted by atomic mass is 19.1. The van der Waals surface area contributed by atoms with Gasteiger partial charge in [-0.15, -0.1) is 0 Å². The van der Waals surface area contributed by atoms with Crippen molar-refractivity contribution in [1.82, 2.24) is 15.1 Å². The smallest absolute Gasteiger partial charge is 0.132 e. The topological polar surface area (TPSA) is 31.9 Å². The number of H-pyrrole nitrogens is 1. The Bertz CT molecular complexity index is 750. The van der Waals surface area contributed by atoms with E-state index in [-0.39, 0.29) is 11.9 Å². The Morgan fingerprint density at radius 2 is 1.68 bits per heavy atom. The number of nitrogens with zero attached hydrogens (tertiary/aromatic N) is 2. The predicted molar refractivity (Wildman–Crippen MR) is 86.0 cm³/mol. The van der Waals surface area contributed by atoms with Crippen LogP contribution >= 0.6 is 0 Å². The monoisotopic (exact) mass is 295 g/mol. The zero-order chi connectivity index (χ0) is 15.5. The number of benzene rings is 2. The van der Waals surface area contributed by atoms with Crippen LogP contribution in [0.3, 0.4) is 0 Å². The number of nitrogens with one attached hydrogen (secondary N) is 1. The van der Waals surface area contributed by atoms with Crippen LogP contribution in [-0.2, 0) is 0 Å². The molecule has 1 N–H and O–H groups in total. The van der Waals surface area contributed by atoms with Gasteiger partial charge in [0, 0.05) is 11.1 Å². The maximum atomic E-state index is 14.1. The number of aromatic nitrogens is 2. The number of hydrogen-bond acceptors (Lipinski definition) is 2. The number of halogens is 1. The zero-order valence-electron chi connectivity index (χ0n) is 12.6. The van der Waals surface area contributed by atoms with Gasteiger partial charge in [0.05, 0.1) is 17.9 Å². The molecule has 0 spiro atoms. The van der Waals surface area contributed by atoms with Gasteiger partial charge in [0.25, 0.3) is 0 Å². The maximum absolute atomic E-state index is 14.1. The number of rotatable bonds is 4. The largest absolute Gasteiger partial charge is 0.298 e. The van der Waals surface area contributed by atoms with E-state index in [1.165, 1.54) is 6.07 Å². The molecule has 4 heteroatoms. The molecule has 1 aromatic heterocycles. The van der Waals surface area contributed by atoms with Crippen LogP contribution in [0.5, 0.6) is 0 Å². The van der Waals surface area contributed by atoms with Crippen LogP contribution in [0.2, 0.25) is 0 Å². The Morgan fingerprint density at radius 1 is 1.00 bits per heavy atom. The molecule has 1 unspecified atom stereocenters. The number of aromatic amines is 1. The highest BCUT2D eigenvalue weighted by Gasteiger charge is 2.23. The molecule has 22 heavy (non-hydrogen) atoms. The molecular formula is C18H18FN3. The average Bonchev–Trinajstić information content (AvgIpc) is 2.97. The molecular weight excluding hydrogens is 277 g/mol. The van der Waals surface area contributed by atoms with Gasteiger partial charge in [-0.3, -0.25) is 10.00 Å².